The van der Waals surface area contributed by atoms with E-state index in [1.165, 1.54) is 11.3 Å². The Morgan fingerprint density at radius 1 is 1.22 bits per heavy atom. The van der Waals surface area contributed by atoms with Gasteiger partial charge in [-0.1, -0.05) is 53.2 Å². The number of hydrogen-bond donors (Lipinski definition) is 1. The summed E-state index contributed by atoms with van der Waals surface area (Å²) >= 11 is 4.70. The van der Waals surface area contributed by atoms with E-state index in [-0.39, 0.29) is 24.2 Å². The number of methoxy groups -OCH3 is 1. The molecular weight excluding hydrogens is 432 g/mol. The van der Waals surface area contributed by atoms with E-state index in [0.717, 1.165) is 15.0 Å². The van der Waals surface area contributed by atoms with Crippen molar-refractivity contribution in [3.05, 3.63) is 28.7 Å². The first-order valence-electron chi connectivity index (χ1n) is 8.57. The third-order valence-corrected chi connectivity index (χ3v) is 5.16. The second kappa shape index (κ2) is 10.5. The maximum Gasteiger partial charge on any atom is 0.227 e. The van der Waals surface area contributed by atoms with Crippen LogP contribution in [-0.2, 0) is 14.3 Å². The van der Waals surface area contributed by atoms with Gasteiger partial charge in [0.25, 0.3) is 0 Å². The number of halogens is 1. The number of benzene rings is 1. The van der Waals surface area contributed by atoms with Gasteiger partial charge in [-0.15, -0.1) is 10.2 Å². The summed E-state index contributed by atoms with van der Waals surface area (Å²) in [5.41, 5.74) is 0.935. The molecule has 0 aliphatic heterocycles. The van der Waals surface area contributed by atoms with Crippen molar-refractivity contribution in [3.8, 4) is 10.6 Å². The summed E-state index contributed by atoms with van der Waals surface area (Å²) in [4.78, 5) is 26.1. The molecule has 2 rings (SSSR count). The lowest BCUT2D eigenvalue weighted by Crippen LogP contribution is -2.38. The van der Waals surface area contributed by atoms with Gasteiger partial charge in [0, 0.05) is 42.6 Å². The molecule has 2 amide bonds. The maximum atomic E-state index is 12.2. The highest BCUT2D eigenvalue weighted by Gasteiger charge is 2.18. The minimum atomic E-state index is -0.201. The Kier molecular flexibility index (Phi) is 8.33. The van der Waals surface area contributed by atoms with Crippen molar-refractivity contribution in [2.45, 2.75) is 20.3 Å². The third kappa shape index (κ3) is 6.67. The molecule has 9 heteroatoms. The molecule has 0 aliphatic rings. The molecule has 146 valence electrons. The molecule has 0 radical (unpaired) electrons. The number of ether oxygens (including phenoxy) is 1. The highest BCUT2D eigenvalue weighted by atomic mass is 79.9. The molecule has 0 spiro atoms. The van der Waals surface area contributed by atoms with E-state index < -0.39 is 0 Å². The summed E-state index contributed by atoms with van der Waals surface area (Å²) < 4.78 is 6.03. The summed E-state index contributed by atoms with van der Waals surface area (Å²) in [5, 5.41) is 12.1. The average molecular weight is 455 g/mol. The predicted octanol–water partition coefficient (Wildman–Crippen LogP) is 3.43. The summed E-state index contributed by atoms with van der Waals surface area (Å²) in [6.07, 6.45) is 0.190. The molecular formula is C18H23BrN4O3S. The van der Waals surface area contributed by atoms with Crippen LogP contribution in [0.15, 0.2) is 28.7 Å². The van der Waals surface area contributed by atoms with Crippen LogP contribution in [0.3, 0.4) is 0 Å². The van der Waals surface area contributed by atoms with Gasteiger partial charge in [-0.25, -0.2) is 0 Å². The van der Waals surface area contributed by atoms with Gasteiger partial charge >= 0.3 is 0 Å². The lowest BCUT2D eigenvalue weighted by molar-refractivity contribution is -0.135. The number of aromatic nitrogens is 2. The first-order chi connectivity index (χ1) is 12.9. The lowest BCUT2D eigenvalue weighted by Gasteiger charge is -2.23. The Morgan fingerprint density at radius 3 is 2.56 bits per heavy atom. The van der Waals surface area contributed by atoms with Crippen LogP contribution in [0.2, 0.25) is 0 Å². The smallest absolute Gasteiger partial charge is 0.227 e. The van der Waals surface area contributed by atoms with Crippen molar-refractivity contribution in [2.24, 2.45) is 5.92 Å². The SMILES string of the molecule is COCCN(CCC(=O)Nc1nnc(-c2ccc(Br)cc2)s1)C(=O)C(C)C. The molecule has 27 heavy (non-hydrogen) atoms. The standard InChI is InChI=1S/C18H23BrN4O3S/c1-12(2)17(25)23(10-11-26-3)9-8-15(24)20-18-22-21-16(27-18)13-4-6-14(19)7-5-13/h4-7,12H,8-11H2,1-3H3,(H,20,22,24). The van der Waals surface area contributed by atoms with Crippen molar-refractivity contribution in [3.63, 3.8) is 0 Å². The molecule has 0 aliphatic carbocycles. The fraction of sp³-hybridized carbons (Fsp3) is 0.444. The fourth-order valence-corrected chi connectivity index (χ4v) is 3.33. The van der Waals surface area contributed by atoms with Crippen molar-refractivity contribution >= 4 is 44.2 Å². The van der Waals surface area contributed by atoms with Gasteiger partial charge in [-0.05, 0) is 12.1 Å². The summed E-state index contributed by atoms with van der Waals surface area (Å²) in [6.45, 7) is 4.92. The van der Waals surface area contributed by atoms with Crippen molar-refractivity contribution in [1.82, 2.24) is 15.1 Å². The molecule has 2 aromatic rings. The highest BCUT2D eigenvalue weighted by molar-refractivity contribution is 9.10. The quantitative estimate of drug-likeness (QED) is 0.627. The number of hydrogen-bond acceptors (Lipinski definition) is 6. The molecule has 0 atom stereocenters. The van der Waals surface area contributed by atoms with Gasteiger partial charge in [-0.2, -0.15) is 0 Å². The molecule has 0 fully saturated rings. The van der Waals surface area contributed by atoms with E-state index in [2.05, 4.69) is 31.4 Å². The van der Waals surface area contributed by atoms with Gasteiger partial charge in [0.05, 0.1) is 6.61 Å². The van der Waals surface area contributed by atoms with Crippen LogP contribution in [0, 0.1) is 5.92 Å². The molecule has 1 N–H and O–H groups in total. The second-order valence-electron chi connectivity index (χ2n) is 6.19. The Morgan fingerprint density at radius 2 is 1.93 bits per heavy atom. The average Bonchev–Trinajstić information content (AvgIpc) is 3.10. The van der Waals surface area contributed by atoms with E-state index in [9.17, 15) is 9.59 Å². The second-order valence-corrected chi connectivity index (χ2v) is 8.08. The Hall–Kier alpha value is -1.84. The number of nitrogens with zero attached hydrogens (tertiary/aromatic N) is 3. The Bertz CT molecular complexity index is 764. The topological polar surface area (TPSA) is 84.4 Å². The van der Waals surface area contributed by atoms with Gasteiger partial charge in [0.15, 0.2) is 0 Å². The zero-order valence-corrected chi connectivity index (χ0v) is 18.0. The number of nitrogens with one attached hydrogen (secondary N) is 1. The van der Waals surface area contributed by atoms with Crippen LogP contribution >= 0.6 is 27.3 Å². The van der Waals surface area contributed by atoms with Crippen LogP contribution in [0.4, 0.5) is 5.13 Å². The fourth-order valence-electron chi connectivity index (χ4n) is 2.30. The predicted molar refractivity (Wildman–Crippen MR) is 110 cm³/mol. The summed E-state index contributed by atoms with van der Waals surface area (Å²) in [7, 11) is 1.59. The number of amides is 2. The number of rotatable bonds is 9. The van der Waals surface area contributed by atoms with Crippen molar-refractivity contribution in [2.75, 3.05) is 32.1 Å². The van der Waals surface area contributed by atoms with Gasteiger partial charge in [-0.3, -0.25) is 9.59 Å². The minimum absolute atomic E-state index is 0.00768. The van der Waals surface area contributed by atoms with Gasteiger partial charge < -0.3 is 15.0 Å². The first-order valence-corrected chi connectivity index (χ1v) is 10.2. The van der Waals surface area contributed by atoms with Crippen molar-refractivity contribution < 1.29 is 14.3 Å². The zero-order valence-electron chi connectivity index (χ0n) is 15.6. The zero-order chi connectivity index (χ0) is 19.8. The highest BCUT2D eigenvalue weighted by Crippen LogP contribution is 2.27. The molecule has 0 saturated heterocycles. The van der Waals surface area contributed by atoms with E-state index in [4.69, 9.17) is 4.74 Å². The molecule has 1 heterocycles. The minimum Gasteiger partial charge on any atom is -0.383 e. The van der Waals surface area contributed by atoms with E-state index in [0.29, 0.717) is 24.8 Å². The van der Waals surface area contributed by atoms with Crippen LogP contribution in [-0.4, -0.2) is 53.7 Å². The molecule has 7 nitrogen and oxygen atoms in total. The Balaban J connectivity index is 1.91. The number of anilines is 1. The van der Waals surface area contributed by atoms with Gasteiger partial charge in [0.1, 0.15) is 5.01 Å². The Labute approximate surface area is 171 Å². The molecule has 1 aromatic carbocycles. The lowest BCUT2D eigenvalue weighted by atomic mass is 10.2. The number of carbonyl (C=O) groups excluding carboxylic acids is 2. The monoisotopic (exact) mass is 454 g/mol. The normalized spacial score (nSPS) is 10.9. The molecule has 0 bridgehead atoms. The van der Waals surface area contributed by atoms with E-state index in [1.54, 1.807) is 12.0 Å². The molecule has 1 aromatic heterocycles. The van der Waals surface area contributed by atoms with Crippen LogP contribution in [0.25, 0.3) is 10.6 Å². The van der Waals surface area contributed by atoms with Crippen LogP contribution in [0.5, 0.6) is 0 Å². The van der Waals surface area contributed by atoms with Crippen LogP contribution < -0.4 is 5.32 Å². The van der Waals surface area contributed by atoms with E-state index >= 15 is 0 Å². The maximum absolute atomic E-state index is 12.2. The third-order valence-electron chi connectivity index (χ3n) is 3.74. The molecule has 0 saturated carbocycles. The van der Waals surface area contributed by atoms with Gasteiger partial charge in [0.2, 0.25) is 16.9 Å². The van der Waals surface area contributed by atoms with Crippen molar-refractivity contribution in [1.29, 1.82) is 0 Å². The first kappa shape index (κ1) is 21.5. The summed E-state index contributed by atoms with van der Waals surface area (Å²) in [5.74, 6) is -0.317. The van der Waals surface area contributed by atoms with Crippen LogP contribution in [0.1, 0.15) is 20.3 Å². The number of carbonyl (C=O) groups is 2. The molecule has 0 unspecified atom stereocenters. The van der Waals surface area contributed by atoms with E-state index in [1.807, 2.05) is 38.1 Å². The summed E-state index contributed by atoms with van der Waals surface area (Å²) in [6, 6.07) is 7.72. The largest absolute Gasteiger partial charge is 0.383 e.